The van der Waals surface area contributed by atoms with E-state index in [2.05, 4.69) is 35.5 Å². The highest BCUT2D eigenvalue weighted by atomic mass is 35.5. The summed E-state index contributed by atoms with van der Waals surface area (Å²) in [6.45, 7) is 4.37. The molecule has 2 aromatic carbocycles. The molecule has 33 heavy (non-hydrogen) atoms. The highest BCUT2D eigenvalue weighted by molar-refractivity contribution is 6.38. The maximum absolute atomic E-state index is 6.48. The molecule has 170 valence electrons. The average molecular weight is 518 g/mol. The van der Waals surface area contributed by atoms with Crippen LogP contribution in [-0.2, 0) is 12.5 Å². The normalized spacial score (nSPS) is 17.0. The second-order valence-corrected chi connectivity index (χ2v) is 10.3. The number of hydrogen-bond donors (Lipinski definition) is 0. The topological polar surface area (TPSA) is 8.17 Å². The fourth-order valence-electron chi connectivity index (χ4n) is 4.47. The third kappa shape index (κ3) is 4.50. The molecule has 0 aliphatic carbocycles. The minimum absolute atomic E-state index is 0.189. The van der Waals surface area contributed by atoms with Crippen molar-refractivity contribution in [1.82, 2.24) is 4.57 Å². The predicted molar refractivity (Wildman–Crippen MR) is 146 cm³/mol. The summed E-state index contributed by atoms with van der Waals surface area (Å²) < 4.78 is 2.06. The zero-order valence-corrected chi connectivity index (χ0v) is 21.9. The number of fused-ring (bicyclic) bond motifs is 2. The molecule has 3 aromatic rings. The van der Waals surface area contributed by atoms with Crippen molar-refractivity contribution in [3.63, 3.8) is 0 Å². The zero-order chi connectivity index (χ0) is 23.9. The highest BCUT2D eigenvalue weighted by Crippen LogP contribution is 2.50. The lowest BCUT2D eigenvalue weighted by Crippen LogP contribution is -2.22. The Morgan fingerprint density at radius 1 is 0.758 bits per heavy atom. The maximum atomic E-state index is 6.48. The van der Waals surface area contributed by atoms with Gasteiger partial charge in [-0.15, -0.1) is 0 Å². The fourth-order valence-corrected chi connectivity index (χ4v) is 5.73. The van der Waals surface area contributed by atoms with Gasteiger partial charge in [-0.05, 0) is 48.0 Å². The van der Waals surface area contributed by atoms with Gasteiger partial charge in [0.05, 0.1) is 21.2 Å². The summed E-state index contributed by atoms with van der Waals surface area (Å²) in [6, 6.07) is 9.56. The number of aromatic nitrogens is 1. The van der Waals surface area contributed by atoms with Crippen LogP contribution in [0.3, 0.4) is 0 Å². The van der Waals surface area contributed by atoms with Crippen molar-refractivity contribution in [2.75, 3.05) is 11.9 Å². The minimum Gasteiger partial charge on any atom is -0.346 e. The smallest absolute Gasteiger partial charge is 0.0672 e. The highest BCUT2D eigenvalue weighted by Gasteiger charge is 2.39. The second-order valence-electron chi connectivity index (χ2n) is 8.60. The molecule has 0 bridgehead atoms. The molecule has 1 aliphatic heterocycles. The lowest BCUT2D eigenvalue weighted by atomic mass is 9.84. The molecule has 2 heterocycles. The van der Waals surface area contributed by atoms with Gasteiger partial charge in [0.25, 0.3) is 0 Å². The SMILES string of the molecule is CN1C(=CC=CC=CC=Cc2cc3cc(Cl)cc(Cl)c3n2C)C(C)(C)c2cc(Cl)cc(Cl)c21. The van der Waals surface area contributed by atoms with Crippen molar-refractivity contribution in [1.29, 1.82) is 0 Å². The molecule has 4 rings (SSSR count). The molecule has 0 unspecified atom stereocenters. The van der Waals surface area contributed by atoms with Gasteiger partial charge >= 0.3 is 0 Å². The van der Waals surface area contributed by atoms with Gasteiger partial charge in [0.2, 0.25) is 0 Å². The summed E-state index contributed by atoms with van der Waals surface area (Å²) in [6.07, 6.45) is 14.2. The van der Waals surface area contributed by atoms with Crippen LogP contribution < -0.4 is 4.90 Å². The molecule has 0 N–H and O–H groups in total. The van der Waals surface area contributed by atoms with Gasteiger partial charge in [0.1, 0.15) is 0 Å². The van der Waals surface area contributed by atoms with E-state index in [4.69, 9.17) is 46.4 Å². The van der Waals surface area contributed by atoms with E-state index in [9.17, 15) is 0 Å². The van der Waals surface area contributed by atoms with E-state index in [1.807, 2.05) is 62.7 Å². The van der Waals surface area contributed by atoms with Crippen LogP contribution in [0.2, 0.25) is 20.1 Å². The lowest BCUT2D eigenvalue weighted by Gasteiger charge is -2.23. The molecule has 0 saturated heterocycles. The van der Waals surface area contributed by atoms with Gasteiger partial charge in [-0.25, -0.2) is 0 Å². The molecule has 0 amide bonds. The number of hydrogen-bond acceptors (Lipinski definition) is 1. The molecule has 0 radical (unpaired) electrons. The van der Waals surface area contributed by atoms with Gasteiger partial charge in [-0.1, -0.05) is 90.6 Å². The van der Waals surface area contributed by atoms with Crippen LogP contribution in [0.5, 0.6) is 0 Å². The molecule has 1 aliphatic rings. The first-order valence-corrected chi connectivity index (χ1v) is 12.0. The van der Waals surface area contributed by atoms with Crippen LogP contribution in [0, 0.1) is 0 Å². The number of anilines is 1. The van der Waals surface area contributed by atoms with Crippen LogP contribution in [0.15, 0.2) is 72.5 Å². The zero-order valence-electron chi connectivity index (χ0n) is 18.8. The number of benzene rings is 2. The van der Waals surface area contributed by atoms with Crippen LogP contribution >= 0.6 is 46.4 Å². The van der Waals surface area contributed by atoms with E-state index in [1.54, 1.807) is 12.1 Å². The molecular weight excluding hydrogens is 494 g/mol. The molecule has 6 heteroatoms. The first-order valence-electron chi connectivity index (χ1n) is 10.5. The Labute approximate surface area is 215 Å². The van der Waals surface area contributed by atoms with E-state index in [0.717, 1.165) is 33.5 Å². The van der Waals surface area contributed by atoms with Crippen molar-refractivity contribution in [2.24, 2.45) is 7.05 Å². The summed E-state index contributed by atoms with van der Waals surface area (Å²) in [5, 5.41) is 3.63. The molecular formula is C27H24Cl4N2. The van der Waals surface area contributed by atoms with Gasteiger partial charge in [0.15, 0.2) is 0 Å². The summed E-state index contributed by atoms with van der Waals surface area (Å²) in [7, 11) is 4.03. The number of nitrogens with zero attached hydrogens (tertiary/aromatic N) is 2. The van der Waals surface area contributed by atoms with Crippen molar-refractivity contribution in [3.8, 4) is 0 Å². The molecule has 0 fully saturated rings. The van der Waals surface area contributed by atoms with Crippen molar-refractivity contribution >= 4 is 69.1 Å². The second kappa shape index (κ2) is 9.27. The summed E-state index contributed by atoms with van der Waals surface area (Å²) in [5.41, 5.74) is 5.14. The van der Waals surface area contributed by atoms with Crippen molar-refractivity contribution < 1.29 is 0 Å². The van der Waals surface area contributed by atoms with E-state index in [0.29, 0.717) is 20.1 Å². The van der Waals surface area contributed by atoms with Gasteiger partial charge in [-0.3, -0.25) is 0 Å². The van der Waals surface area contributed by atoms with E-state index >= 15 is 0 Å². The Bertz CT molecular complexity index is 1360. The third-order valence-electron chi connectivity index (χ3n) is 6.09. The third-order valence-corrected chi connectivity index (χ3v) is 7.10. The van der Waals surface area contributed by atoms with E-state index < -0.39 is 0 Å². The van der Waals surface area contributed by atoms with Crippen LogP contribution in [-0.4, -0.2) is 11.6 Å². The van der Waals surface area contributed by atoms with E-state index in [-0.39, 0.29) is 5.41 Å². The van der Waals surface area contributed by atoms with Crippen LogP contribution in [0.1, 0.15) is 25.1 Å². The van der Waals surface area contributed by atoms with E-state index in [1.165, 1.54) is 0 Å². The quantitative estimate of drug-likeness (QED) is 0.313. The molecule has 0 saturated carbocycles. The fraction of sp³-hybridized carbons (Fsp3) is 0.185. The van der Waals surface area contributed by atoms with Gasteiger partial charge in [-0.2, -0.15) is 0 Å². The van der Waals surface area contributed by atoms with Gasteiger partial charge < -0.3 is 9.47 Å². The standard InChI is InChI=1S/C27H24Cl4N2/c1-27(2)21-14-19(29)16-23(31)26(21)33(4)24(27)11-9-7-5-6-8-10-20-13-17-12-18(28)15-22(30)25(17)32(20)3/h5-16H,1-4H3. The predicted octanol–water partition coefficient (Wildman–Crippen LogP) is 9.23. The summed E-state index contributed by atoms with van der Waals surface area (Å²) >= 11 is 25.2. The summed E-state index contributed by atoms with van der Waals surface area (Å²) in [4.78, 5) is 2.14. The van der Waals surface area contributed by atoms with Crippen LogP contribution in [0.25, 0.3) is 17.0 Å². The first-order chi connectivity index (χ1) is 15.6. The average Bonchev–Trinajstić information content (AvgIpc) is 3.13. The molecule has 2 nitrogen and oxygen atoms in total. The Balaban J connectivity index is 1.49. The lowest BCUT2D eigenvalue weighted by molar-refractivity contribution is 0.640. The molecule has 0 atom stereocenters. The van der Waals surface area contributed by atoms with Crippen molar-refractivity contribution in [3.05, 3.63) is 104 Å². The van der Waals surface area contributed by atoms with Crippen LogP contribution in [0.4, 0.5) is 5.69 Å². The number of aryl methyl sites for hydroxylation is 1. The Morgan fingerprint density at radius 3 is 2.15 bits per heavy atom. The summed E-state index contributed by atoms with van der Waals surface area (Å²) in [5.74, 6) is 0. The Kier molecular flexibility index (Phi) is 6.75. The molecule has 1 aromatic heterocycles. The van der Waals surface area contributed by atoms with Gasteiger partial charge in [0, 0.05) is 46.3 Å². The number of likely N-dealkylation sites (N-methyl/N-ethyl adjacent to an activating group) is 1. The molecule has 0 spiro atoms. The number of rotatable bonds is 4. The maximum Gasteiger partial charge on any atom is 0.0672 e. The minimum atomic E-state index is -0.189. The Hall–Kier alpha value is -2.10. The van der Waals surface area contributed by atoms with Crippen molar-refractivity contribution in [2.45, 2.75) is 19.3 Å². The number of halogens is 4. The largest absolute Gasteiger partial charge is 0.346 e. The first kappa shape index (κ1) is 24.0. The monoisotopic (exact) mass is 516 g/mol. The Morgan fingerprint density at radius 2 is 1.39 bits per heavy atom. The number of allylic oxidation sites excluding steroid dienone is 7.